The molecule has 0 radical (unpaired) electrons. The van der Waals surface area contributed by atoms with E-state index in [0.29, 0.717) is 19.0 Å². The first-order valence-corrected chi connectivity index (χ1v) is 6.23. The summed E-state index contributed by atoms with van der Waals surface area (Å²) in [4.78, 5) is 13.4. The maximum atomic E-state index is 11.9. The molecule has 1 atom stereocenters. The molecule has 1 saturated heterocycles. The second-order valence-corrected chi connectivity index (χ2v) is 4.72. The van der Waals surface area contributed by atoms with Crippen molar-refractivity contribution in [2.45, 2.75) is 6.10 Å². The molecule has 0 saturated carbocycles. The monoisotopic (exact) mass is 277 g/mol. The van der Waals surface area contributed by atoms with Crippen molar-refractivity contribution in [2.75, 3.05) is 25.2 Å². The Labute approximate surface area is 115 Å². The molecule has 1 fully saturated rings. The lowest BCUT2D eigenvalue weighted by Gasteiger charge is -2.09. The maximum absolute atomic E-state index is 11.9. The summed E-state index contributed by atoms with van der Waals surface area (Å²) < 4.78 is 11.8. The third-order valence-electron chi connectivity index (χ3n) is 3.30. The summed E-state index contributed by atoms with van der Waals surface area (Å²) in [5.41, 5.74) is 0.753. The summed E-state index contributed by atoms with van der Waals surface area (Å²) in [6, 6.07) is 4.92. The molecule has 1 aromatic carbocycles. The first-order valence-electron chi connectivity index (χ1n) is 6.23. The molecular weight excluding hydrogens is 262 g/mol. The summed E-state index contributed by atoms with van der Waals surface area (Å²) in [5.74, 6) is 0.694. The van der Waals surface area contributed by atoms with Crippen molar-refractivity contribution >= 4 is 22.8 Å². The molecule has 7 nitrogen and oxygen atoms in total. The van der Waals surface area contributed by atoms with E-state index in [1.807, 2.05) is 0 Å². The Morgan fingerprint density at radius 2 is 2.35 bits per heavy atom. The van der Waals surface area contributed by atoms with Crippen LogP contribution in [0.3, 0.4) is 0 Å². The number of aryl methyl sites for hydroxylation is 1. The topological polar surface area (TPSA) is 76.8 Å². The number of rotatable bonds is 3. The number of methoxy groups -OCH3 is 1. The normalized spacial score (nSPS) is 18.8. The molecule has 2 aromatic rings. The lowest BCUT2D eigenvalue weighted by molar-refractivity contribution is 0.0718. The smallest absolute Gasteiger partial charge is 0.416 e. The standard InChI is InChI=1S/C13H15N3O4/c1-15-11-5-8(17)3-4-10(11)12(14-15)16-6-9(7-19-2)20-13(16)18/h3-5,9,17H,6-7H2,1-2H3/t9-/m0/s1. The zero-order chi connectivity index (χ0) is 14.3. The second-order valence-electron chi connectivity index (χ2n) is 4.72. The summed E-state index contributed by atoms with van der Waals surface area (Å²) >= 11 is 0. The zero-order valence-electron chi connectivity index (χ0n) is 11.2. The molecule has 0 unspecified atom stereocenters. The summed E-state index contributed by atoms with van der Waals surface area (Å²) in [7, 11) is 3.33. The highest BCUT2D eigenvalue weighted by Gasteiger charge is 2.34. The molecule has 1 aliphatic heterocycles. The first kappa shape index (κ1) is 12.7. The van der Waals surface area contributed by atoms with Gasteiger partial charge >= 0.3 is 6.09 Å². The predicted octanol–water partition coefficient (Wildman–Crippen LogP) is 1.25. The van der Waals surface area contributed by atoms with Crippen molar-refractivity contribution in [2.24, 2.45) is 7.05 Å². The Morgan fingerprint density at radius 1 is 1.55 bits per heavy atom. The number of nitrogens with zero attached hydrogens (tertiary/aromatic N) is 3. The van der Waals surface area contributed by atoms with Crippen molar-refractivity contribution in [3.05, 3.63) is 18.2 Å². The molecule has 2 heterocycles. The van der Waals surface area contributed by atoms with Gasteiger partial charge in [0.05, 0.1) is 18.7 Å². The molecule has 1 N–H and O–H groups in total. The molecule has 0 spiro atoms. The molecule has 20 heavy (non-hydrogen) atoms. The van der Waals surface area contributed by atoms with Gasteiger partial charge in [-0.3, -0.25) is 9.58 Å². The van der Waals surface area contributed by atoms with Gasteiger partial charge in [-0.15, -0.1) is 0 Å². The van der Waals surface area contributed by atoms with Crippen LogP contribution in [0.5, 0.6) is 5.75 Å². The number of anilines is 1. The number of ether oxygens (including phenoxy) is 2. The minimum absolute atomic E-state index is 0.160. The van der Waals surface area contributed by atoms with Crippen LogP contribution in [0, 0.1) is 0 Å². The van der Waals surface area contributed by atoms with Gasteiger partial charge in [-0.25, -0.2) is 4.79 Å². The number of hydrogen-bond donors (Lipinski definition) is 1. The van der Waals surface area contributed by atoms with E-state index in [9.17, 15) is 9.90 Å². The van der Waals surface area contributed by atoms with Crippen LogP contribution < -0.4 is 4.90 Å². The van der Waals surface area contributed by atoms with Gasteiger partial charge in [0.2, 0.25) is 0 Å². The van der Waals surface area contributed by atoms with E-state index in [0.717, 1.165) is 10.9 Å². The summed E-state index contributed by atoms with van der Waals surface area (Å²) in [6.45, 7) is 0.757. The number of aromatic nitrogens is 2. The molecule has 1 aliphatic rings. The fourth-order valence-corrected chi connectivity index (χ4v) is 2.39. The van der Waals surface area contributed by atoms with Crippen LogP contribution in [-0.4, -0.2) is 47.3 Å². The van der Waals surface area contributed by atoms with Crippen LogP contribution in [0.4, 0.5) is 10.6 Å². The quantitative estimate of drug-likeness (QED) is 0.913. The Kier molecular flexibility index (Phi) is 2.98. The van der Waals surface area contributed by atoms with Crippen LogP contribution in [0.15, 0.2) is 18.2 Å². The van der Waals surface area contributed by atoms with E-state index in [1.165, 1.54) is 4.90 Å². The zero-order valence-corrected chi connectivity index (χ0v) is 11.2. The van der Waals surface area contributed by atoms with Gasteiger partial charge in [0, 0.05) is 25.6 Å². The Morgan fingerprint density at radius 3 is 3.10 bits per heavy atom. The van der Waals surface area contributed by atoms with E-state index in [-0.39, 0.29) is 11.9 Å². The van der Waals surface area contributed by atoms with Crippen molar-refractivity contribution < 1.29 is 19.4 Å². The number of aromatic hydroxyl groups is 1. The van der Waals surface area contributed by atoms with Crippen molar-refractivity contribution in [3.63, 3.8) is 0 Å². The highest BCUT2D eigenvalue weighted by molar-refractivity contribution is 6.00. The maximum Gasteiger partial charge on any atom is 0.416 e. The highest BCUT2D eigenvalue weighted by Crippen LogP contribution is 2.30. The van der Waals surface area contributed by atoms with E-state index in [4.69, 9.17) is 9.47 Å². The SMILES string of the molecule is COC[C@@H]1CN(c2nn(C)c3cc(O)ccc23)C(=O)O1. The van der Waals surface area contributed by atoms with Gasteiger partial charge in [0.15, 0.2) is 5.82 Å². The van der Waals surface area contributed by atoms with Crippen LogP contribution in [0.25, 0.3) is 10.9 Å². The van der Waals surface area contributed by atoms with Gasteiger partial charge in [-0.1, -0.05) is 0 Å². The van der Waals surface area contributed by atoms with Crippen LogP contribution in [0.1, 0.15) is 0 Å². The predicted molar refractivity (Wildman–Crippen MR) is 71.9 cm³/mol. The minimum Gasteiger partial charge on any atom is -0.508 e. The molecular formula is C13H15N3O4. The lowest BCUT2D eigenvalue weighted by atomic mass is 10.2. The third-order valence-corrected chi connectivity index (χ3v) is 3.30. The largest absolute Gasteiger partial charge is 0.508 e. The van der Waals surface area contributed by atoms with E-state index in [2.05, 4.69) is 5.10 Å². The molecule has 0 bridgehead atoms. The molecule has 1 amide bonds. The molecule has 1 aromatic heterocycles. The number of phenolic OH excluding ortho intramolecular Hbond substituents is 1. The van der Waals surface area contributed by atoms with Gasteiger partial charge in [0.25, 0.3) is 0 Å². The van der Waals surface area contributed by atoms with Gasteiger partial charge in [-0.05, 0) is 12.1 Å². The molecule has 106 valence electrons. The van der Waals surface area contributed by atoms with Gasteiger partial charge in [0.1, 0.15) is 11.9 Å². The Bertz CT molecular complexity index is 667. The number of carbonyl (C=O) groups is 1. The van der Waals surface area contributed by atoms with Crippen molar-refractivity contribution in [1.29, 1.82) is 0 Å². The lowest BCUT2D eigenvalue weighted by Crippen LogP contribution is -2.26. The molecule has 3 rings (SSSR count). The first-order chi connectivity index (χ1) is 9.60. The molecule has 7 heteroatoms. The molecule has 0 aliphatic carbocycles. The van der Waals surface area contributed by atoms with E-state index in [1.54, 1.807) is 37.0 Å². The van der Waals surface area contributed by atoms with Gasteiger partial charge < -0.3 is 14.6 Å². The average molecular weight is 277 g/mol. The van der Waals surface area contributed by atoms with Crippen LogP contribution in [0.2, 0.25) is 0 Å². The van der Waals surface area contributed by atoms with Crippen molar-refractivity contribution in [3.8, 4) is 5.75 Å². The van der Waals surface area contributed by atoms with Crippen LogP contribution in [-0.2, 0) is 16.5 Å². The third kappa shape index (κ3) is 1.96. The second kappa shape index (κ2) is 4.68. The number of carbonyl (C=O) groups excluding carboxylic acids is 1. The fraction of sp³-hybridized carbons (Fsp3) is 0.385. The highest BCUT2D eigenvalue weighted by atomic mass is 16.6. The Hall–Kier alpha value is -2.28. The minimum atomic E-state index is -0.430. The number of hydrogen-bond acceptors (Lipinski definition) is 5. The number of benzene rings is 1. The number of amides is 1. The number of phenols is 1. The van der Waals surface area contributed by atoms with Crippen molar-refractivity contribution in [1.82, 2.24) is 9.78 Å². The fourth-order valence-electron chi connectivity index (χ4n) is 2.39. The summed E-state index contributed by atoms with van der Waals surface area (Å²) in [5, 5.41) is 14.7. The van der Waals surface area contributed by atoms with E-state index >= 15 is 0 Å². The number of fused-ring (bicyclic) bond motifs is 1. The Balaban J connectivity index is 2.00. The van der Waals surface area contributed by atoms with Gasteiger partial charge in [-0.2, -0.15) is 5.10 Å². The summed E-state index contributed by atoms with van der Waals surface area (Å²) in [6.07, 6.45) is -0.721. The average Bonchev–Trinajstić information content (AvgIpc) is 2.91. The number of cyclic esters (lactones) is 1. The van der Waals surface area contributed by atoms with Crippen LogP contribution >= 0.6 is 0 Å². The van der Waals surface area contributed by atoms with E-state index < -0.39 is 6.09 Å².